The maximum absolute atomic E-state index is 13.6. The minimum absolute atomic E-state index is 0.0100. The molecule has 23 nitrogen and oxygen atoms in total. The summed E-state index contributed by atoms with van der Waals surface area (Å²) in [5, 5.41) is 34.0. The highest BCUT2D eigenvalue weighted by Gasteiger charge is 2.53. The summed E-state index contributed by atoms with van der Waals surface area (Å²) in [4.78, 5) is 84.5. The summed E-state index contributed by atoms with van der Waals surface area (Å²) in [6.07, 6.45) is 10.4. The van der Waals surface area contributed by atoms with Gasteiger partial charge in [0.05, 0.1) is 64.4 Å². The molecule has 0 radical (unpaired) electrons. The number of aliphatic imine (C=N–C) groups is 3. The fourth-order valence-corrected chi connectivity index (χ4v) is 18.2. The summed E-state index contributed by atoms with van der Waals surface area (Å²) in [7, 11) is 5.05. The van der Waals surface area contributed by atoms with Gasteiger partial charge in [0.15, 0.2) is 17.9 Å². The summed E-state index contributed by atoms with van der Waals surface area (Å²) in [6.45, 7) is 9.15. The number of benzene rings is 4. The van der Waals surface area contributed by atoms with Crippen molar-refractivity contribution in [3.63, 3.8) is 0 Å². The average molecular weight is 1430 g/mol. The molecule has 0 aliphatic carbocycles. The lowest BCUT2D eigenvalue weighted by Crippen LogP contribution is -2.57. The molecule has 102 heavy (non-hydrogen) atoms. The molecule has 2 fully saturated rings. The molecule has 5 aliphatic heterocycles. The first-order valence-corrected chi connectivity index (χ1v) is 36.5. The molecule has 2 saturated heterocycles. The number of rotatable bonds is 11. The van der Waals surface area contributed by atoms with Crippen LogP contribution < -0.4 is 27.0 Å². The van der Waals surface area contributed by atoms with Gasteiger partial charge in [0, 0.05) is 86.7 Å². The van der Waals surface area contributed by atoms with Gasteiger partial charge in [-0.15, -0.1) is 34.0 Å². The number of carbonyl (C=O) groups is 3. The van der Waals surface area contributed by atoms with Crippen LogP contribution >= 0.6 is 45.7 Å². The number of piperidine rings is 2. The molecule has 0 saturated carbocycles. The van der Waals surface area contributed by atoms with Crippen LogP contribution in [-0.4, -0.2) is 126 Å². The molecule has 6 atom stereocenters. The highest BCUT2D eigenvalue weighted by molar-refractivity contribution is 7.11. The van der Waals surface area contributed by atoms with Crippen LogP contribution in [0, 0.1) is 57.7 Å². The topological polar surface area (TPSA) is 331 Å². The summed E-state index contributed by atoms with van der Waals surface area (Å²) < 4.78 is 8.60. The van der Waals surface area contributed by atoms with E-state index in [9.17, 15) is 30.2 Å². The van der Waals surface area contributed by atoms with Crippen LogP contribution in [0.4, 0.5) is 11.9 Å². The molecule has 5 aliphatic rings. The second-order valence-corrected chi connectivity index (χ2v) is 29.6. The number of hydrogen-bond donors (Lipinski definition) is 3. The van der Waals surface area contributed by atoms with E-state index in [4.69, 9.17) is 32.2 Å². The molecule has 15 rings (SSSR count). The lowest BCUT2D eigenvalue weighted by molar-refractivity contribution is -0.137. The number of nitrogens with two attached hydrogens (primary N) is 3. The molecular formula is C75H72N20O3S4. The van der Waals surface area contributed by atoms with Crippen molar-refractivity contribution >= 4 is 104 Å². The number of nitriles is 3. The third-order valence-electron chi connectivity index (χ3n) is 20.2. The van der Waals surface area contributed by atoms with Crippen LogP contribution in [0.5, 0.6) is 0 Å². The first-order valence-electron chi connectivity index (χ1n) is 33.1. The Morgan fingerprint density at radius 1 is 0.441 bits per heavy atom. The third-order valence-corrected chi connectivity index (χ3v) is 24.2. The summed E-state index contributed by atoms with van der Waals surface area (Å²) in [5.41, 5.74) is 26.3. The van der Waals surface area contributed by atoms with Crippen LogP contribution in [0.25, 0.3) is 44.4 Å². The van der Waals surface area contributed by atoms with Crippen molar-refractivity contribution in [3.8, 4) is 51.6 Å². The molecular weight excluding hydrogens is 1360 g/mol. The summed E-state index contributed by atoms with van der Waals surface area (Å²) >= 11 is 5.85. The third kappa shape index (κ3) is 13.4. The molecule has 6 N–H and O–H groups in total. The molecule has 0 spiro atoms. The van der Waals surface area contributed by atoms with Crippen molar-refractivity contribution in [2.75, 3.05) is 57.1 Å². The van der Waals surface area contributed by atoms with Crippen LogP contribution in [0.1, 0.15) is 89.3 Å². The van der Waals surface area contributed by atoms with Crippen molar-refractivity contribution in [3.05, 3.63) is 199 Å². The van der Waals surface area contributed by atoms with Gasteiger partial charge in [-0.2, -0.15) is 24.5 Å². The molecule has 4 aromatic carbocycles. The Morgan fingerprint density at radius 3 is 1.20 bits per heavy atom. The monoisotopic (exact) mass is 1430 g/mol. The number of anilines is 2. The van der Waals surface area contributed by atoms with E-state index in [1.165, 1.54) is 26.0 Å². The van der Waals surface area contributed by atoms with E-state index < -0.39 is 22.5 Å². The van der Waals surface area contributed by atoms with E-state index in [2.05, 4.69) is 79.6 Å². The number of nitrogens with zero attached hydrogens (tertiary/aromatic N) is 17. The number of likely N-dealkylation sites (N-methyl/N-ethyl adjacent to an activating group) is 1. The maximum Gasteiger partial charge on any atom is 0.239 e. The number of fused-ring (bicyclic) bond motifs is 1. The maximum atomic E-state index is 13.6. The number of hydrogen-bond acceptors (Lipinski definition) is 24. The van der Waals surface area contributed by atoms with E-state index in [1.807, 2.05) is 117 Å². The zero-order valence-electron chi connectivity index (χ0n) is 56.8. The van der Waals surface area contributed by atoms with Gasteiger partial charge in [0.2, 0.25) is 29.6 Å². The van der Waals surface area contributed by atoms with Gasteiger partial charge in [0.25, 0.3) is 0 Å². The Hall–Kier alpha value is -11.2. The number of guanidine groups is 3. The van der Waals surface area contributed by atoms with Gasteiger partial charge in [-0.3, -0.25) is 29.1 Å². The number of carbonyl (C=O) groups excluding carboxylic acids is 3. The summed E-state index contributed by atoms with van der Waals surface area (Å²) in [5.74, 6) is 1.11. The molecule has 0 bridgehead atoms. The van der Waals surface area contributed by atoms with E-state index in [1.54, 1.807) is 86.8 Å². The average Bonchev–Trinajstić information content (AvgIpc) is 1.51. The van der Waals surface area contributed by atoms with E-state index in [0.717, 1.165) is 140 Å². The van der Waals surface area contributed by atoms with Crippen LogP contribution in [0.3, 0.4) is 0 Å². The second-order valence-electron chi connectivity index (χ2n) is 26.4. The minimum atomic E-state index is -0.888. The summed E-state index contributed by atoms with van der Waals surface area (Å²) in [6, 6.07) is 44.7. The quantitative estimate of drug-likeness (QED) is 0.108. The van der Waals surface area contributed by atoms with Crippen molar-refractivity contribution in [1.29, 1.82) is 15.8 Å². The molecule has 6 aromatic heterocycles. The fraction of sp³-hybridized carbons (Fsp3) is 0.293. The number of amides is 3. The predicted molar refractivity (Wildman–Crippen MR) is 400 cm³/mol. The van der Waals surface area contributed by atoms with Crippen LogP contribution in [-0.2, 0) is 31.0 Å². The molecule has 3 amide bonds. The van der Waals surface area contributed by atoms with Crippen molar-refractivity contribution in [1.82, 2.24) is 43.4 Å². The van der Waals surface area contributed by atoms with Crippen molar-refractivity contribution in [2.45, 2.75) is 69.0 Å². The van der Waals surface area contributed by atoms with Gasteiger partial charge in [-0.1, -0.05) is 42.5 Å². The number of aromatic nitrogens is 6. The van der Waals surface area contributed by atoms with Crippen LogP contribution in [0.15, 0.2) is 177 Å². The standard InChI is InChI=1S/2C26H27N7OS.C23H18N6OS2/c2*1-26(21-14-20(16-35-21)19-6-3-5-17(13-19)15-27)22(23(34)32(2)24(28)31-26)18-7-11-33(12-8-18)25-29-9-4-10-30-25;1-23(19-10-16(12-31-19)14-5-3-4-13(8-14)11-24)20(21(30)29(2)22(25)26-23)15-6-7-17-18(9-15)28-32-27-17/h2*3-6,9-10,13-14,16,18,22H,7-8,11-12H2,1-2H3,(H2,28,31);3-10,12,20H,1-2H3,(H2,25,26)/t22-,26+;22-,26-;20-,23-/m011/s1. The minimum Gasteiger partial charge on any atom is -0.369 e. The Morgan fingerprint density at radius 2 is 0.804 bits per heavy atom. The predicted octanol–water partition coefficient (Wildman–Crippen LogP) is 11.3. The highest BCUT2D eigenvalue weighted by Crippen LogP contribution is 2.51. The van der Waals surface area contributed by atoms with Gasteiger partial charge in [-0.25, -0.2) is 34.9 Å². The van der Waals surface area contributed by atoms with Crippen molar-refractivity contribution < 1.29 is 14.4 Å². The fourth-order valence-electron chi connectivity index (χ4n) is 14.5. The zero-order valence-corrected chi connectivity index (χ0v) is 60.1. The van der Waals surface area contributed by atoms with E-state index in [-0.39, 0.29) is 59.3 Å². The highest BCUT2D eigenvalue weighted by atomic mass is 32.1. The first kappa shape index (κ1) is 69.3. The normalized spacial score (nSPS) is 22.5. The first-order chi connectivity index (χ1) is 49.2. The Labute approximate surface area is 606 Å². The van der Waals surface area contributed by atoms with E-state index >= 15 is 0 Å². The van der Waals surface area contributed by atoms with Crippen LogP contribution in [0.2, 0.25) is 0 Å². The molecule has 27 heteroatoms. The van der Waals surface area contributed by atoms with Gasteiger partial charge in [-0.05, 0) is 192 Å². The SMILES string of the molecule is CN1C(=O)[C@@H](C2CCN(c3ncccn3)CC2)[C@@](C)(c2cc(-c3cccc(C#N)c3)cs2)N=C1N.CN1C(=O)[C@@H](c2ccc3nsnc3c2)[C@@](C)(c2cc(-c3cccc(C#N)c3)cs2)N=C1N.CN1C(=O)[C@H](C2CCN(c3ncccn3)CC2)[C@@](C)(c2cc(-c3cccc(C#N)c3)cs2)N=C1N. The smallest absolute Gasteiger partial charge is 0.239 e. The van der Waals surface area contributed by atoms with Crippen molar-refractivity contribution in [2.24, 2.45) is 55.8 Å². The number of thiophene rings is 3. The Bertz CT molecular complexity index is 4830. The molecule has 10 aromatic rings. The van der Waals surface area contributed by atoms with Gasteiger partial charge >= 0.3 is 0 Å². The lowest BCUT2D eigenvalue weighted by atomic mass is 9.70. The largest absolute Gasteiger partial charge is 0.369 e. The van der Waals surface area contributed by atoms with E-state index in [0.29, 0.717) is 16.7 Å². The van der Waals surface area contributed by atoms with Gasteiger partial charge < -0.3 is 27.0 Å². The zero-order chi connectivity index (χ0) is 71.6. The van der Waals surface area contributed by atoms with Gasteiger partial charge in [0.1, 0.15) is 27.7 Å². The molecule has 11 heterocycles. The molecule has 0 unspecified atom stereocenters. The Kier molecular flexibility index (Phi) is 19.6. The molecule has 514 valence electrons. The lowest BCUT2D eigenvalue weighted by Gasteiger charge is -2.45. The second kappa shape index (κ2) is 28.8. The Balaban J connectivity index is 0.000000137.